The number of aliphatic imine (C=N–C) groups is 1. The van der Waals surface area contributed by atoms with Gasteiger partial charge < -0.3 is 20.3 Å². The second kappa shape index (κ2) is 10.8. The molecule has 6 heteroatoms. The van der Waals surface area contributed by atoms with Gasteiger partial charge in [-0.25, -0.2) is 4.79 Å². The zero-order valence-corrected chi connectivity index (χ0v) is 17.1. The van der Waals surface area contributed by atoms with Crippen LogP contribution in [0.4, 0.5) is 4.79 Å². The van der Waals surface area contributed by atoms with Crippen LogP contribution in [0.25, 0.3) is 0 Å². The molecule has 1 saturated heterocycles. The van der Waals surface area contributed by atoms with Crippen LogP contribution in [0.5, 0.6) is 0 Å². The van der Waals surface area contributed by atoms with Gasteiger partial charge in [0.05, 0.1) is 6.61 Å². The van der Waals surface area contributed by atoms with Gasteiger partial charge in [-0.2, -0.15) is 0 Å². The molecule has 1 aromatic rings. The Bertz CT molecular complexity index is 595. The number of nitrogens with zero attached hydrogens (tertiary/aromatic N) is 2. The first kappa shape index (κ1) is 21.1. The standard InChI is InChI=1S/C21H34N4O2/c1-5-27-21(26)25-13-11-18(12-14-25)24-20(22-4)23-15-19(16(2)3)17-9-7-6-8-10-17/h6-10,16,18-19H,5,11-15H2,1-4H3,(H2,22,23,24). The van der Waals surface area contributed by atoms with E-state index in [1.54, 1.807) is 11.9 Å². The Morgan fingerprint density at radius 3 is 2.48 bits per heavy atom. The number of carbonyl (C=O) groups is 1. The molecular weight excluding hydrogens is 340 g/mol. The Hall–Kier alpha value is -2.24. The molecule has 2 N–H and O–H groups in total. The van der Waals surface area contributed by atoms with Crippen molar-refractivity contribution in [2.45, 2.75) is 45.6 Å². The predicted octanol–water partition coefficient (Wildman–Crippen LogP) is 3.21. The summed E-state index contributed by atoms with van der Waals surface area (Å²) in [7, 11) is 1.80. The molecule has 6 nitrogen and oxygen atoms in total. The first-order valence-electron chi connectivity index (χ1n) is 9.99. The van der Waals surface area contributed by atoms with Gasteiger partial charge in [0.1, 0.15) is 0 Å². The second-order valence-electron chi connectivity index (χ2n) is 7.32. The summed E-state index contributed by atoms with van der Waals surface area (Å²) in [5.74, 6) is 1.78. The Morgan fingerprint density at radius 2 is 1.93 bits per heavy atom. The Kier molecular flexibility index (Phi) is 8.43. The topological polar surface area (TPSA) is 66.0 Å². The average Bonchev–Trinajstić information content (AvgIpc) is 2.68. The molecule has 1 atom stereocenters. The molecule has 0 radical (unpaired) electrons. The van der Waals surface area contributed by atoms with E-state index < -0.39 is 0 Å². The summed E-state index contributed by atoms with van der Waals surface area (Å²) in [6.45, 7) is 9.02. The number of benzene rings is 1. The van der Waals surface area contributed by atoms with Crippen LogP contribution in [0, 0.1) is 5.92 Å². The van der Waals surface area contributed by atoms with Crippen LogP contribution in [0.15, 0.2) is 35.3 Å². The molecule has 1 aromatic carbocycles. The minimum atomic E-state index is -0.207. The first-order valence-corrected chi connectivity index (χ1v) is 9.99. The maximum atomic E-state index is 11.8. The number of carbonyl (C=O) groups excluding carboxylic acids is 1. The van der Waals surface area contributed by atoms with Crippen LogP contribution >= 0.6 is 0 Å². The van der Waals surface area contributed by atoms with Crippen molar-refractivity contribution in [2.24, 2.45) is 10.9 Å². The van der Waals surface area contributed by atoms with Gasteiger partial charge in [0.2, 0.25) is 0 Å². The van der Waals surface area contributed by atoms with Crippen LogP contribution in [-0.4, -0.2) is 56.3 Å². The number of nitrogens with one attached hydrogen (secondary N) is 2. The molecule has 1 aliphatic heterocycles. The number of piperidine rings is 1. The third-order valence-electron chi connectivity index (χ3n) is 5.11. The highest BCUT2D eigenvalue weighted by molar-refractivity contribution is 5.80. The molecule has 1 heterocycles. The fourth-order valence-corrected chi connectivity index (χ4v) is 3.45. The number of guanidine groups is 1. The molecule has 27 heavy (non-hydrogen) atoms. The van der Waals surface area contributed by atoms with E-state index in [0.29, 0.717) is 37.6 Å². The summed E-state index contributed by atoms with van der Waals surface area (Å²) in [5.41, 5.74) is 1.35. The van der Waals surface area contributed by atoms with Crippen LogP contribution in [0.1, 0.15) is 45.1 Å². The summed E-state index contributed by atoms with van der Waals surface area (Å²) < 4.78 is 5.08. The SMILES string of the molecule is CCOC(=O)N1CCC(NC(=NC)NCC(c2ccccc2)C(C)C)CC1. The summed E-state index contributed by atoms with van der Waals surface area (Å²) in [4.78, 5) is 18.0. The minimum Gasteiger partial charge on any atom is -0.450 e. The largest absolute Gasteiger partial charge is 0.450 e. The highest BCUT2D eigenvalue weighted by Gasteiger charge is 2.24. The quantitative estimate of drug-likeness (QED) is 0.593. The lowest BCUT2D eigenvalue weighted by molar-refractivity contribution is 0.0963. The molecule has 1 aliphatic rings. The zero-order chi connectivity index (χ0) is 19.6. The predicted molar refractivity (Wildman–Crippen MR) is 110 cm³/mol. The van der Waals surface area contributed by atoms with Crippen molar-refractivity contribution >= 4 is 12.1 Å². The lowest BCUT2D eigenvalue weighted by Crippen LogP contribution is -2.50. The Labute approximate surface area is 163 Å². The van der Waals surface area contributed by atoms with Crippen molar-refractivity contribution in [2.75, 3.05) is 33.3 Å². The van der Waals surface area contributed by atoms with Crippen molar-refractivity contribution in [3.05, 3.63) is 35.9 Å². The zero-order valence-electron chi connectivity index (χ0n) is 17.1. The molecular formula is C21H34N4O2. The van der Waals surface area contributed by atoms with E-state index in [-0.39, 0.29) is 6.09 Å². The lowest BCUT2D eigenvalue weighted by atomic mass is 9.88. The van der Waals surface area contributed by atoms with Gasteiger partial charge in [-0.1, -0.05) is 44.2 Å². The molecule has 0 aliphatic carbocycles. The molecule has 0 spiro atoms. The summed E-state index contributed by atoms with van der Waals surface area (Å²) >= 11 is 0. The molecule has 2 rings (SSSR count). The van der Waals surface area contributed by atoms with E-state index in [9.17, 15) is 4.79 Å². The third-order valence-corrected chi connectivity index (χ3v) is 5.11. The normalized spacial score (nSPS) is 16.9. The minimum absolute atomic E-state index is 0.207. The van der Waals surface area contributed by atoms with Crippen LogP contribution in [-0.2, 0) is 4.74 Å². The van der Waals surface area contributed by atoms with Gasteiger partial charge in [0.25, 0.3) is 0 Å². The maximum Gasteiger partial charge on any atom is 0.409 e. The molecule has 1 fully saturated rings. The van der Waals surface area contributed by atoms with E-state index in [2.05, 4.69) is 59.8 Å². The van der Waals surface area contributed by atoms with Crippen molar-refractivity contribution in [3.8, 4) is 0 Å². The van der Waals surface area contributed by atoms with Gasteiger partial charge in [-0.05, 0) is 31.2 Å². The highest BCUT2D eigenvalue weighted by atomic mass is 16.6. The Balaban J connectivity index is 1.83. The maximum absolute atomic E-state index is 11.8. The lowest BCUT2D eigenvalue weighted by Gasteiger charge is -2.32. The summed E-state index contributed by atoms with van der Waals surface area (Å²) in [6, 6.07) is 10.9. The Morgan fingerprint density at radius 1 is 1.26 bits per heavy atom. The fraction of sp³-hybridized carbons (Fsp3) is 0.619. The number of amides is 1. The second-order valence-corrected chi connectivity index (χ2v) is 7.32. The summed E-state index contributed by atoms with van der Waals surface area (Å²) in [5, 5.41) is 6.99. The number of ether oxygens (including phenoxy) is 1. The van der Waals surface area contributed by atoms with E-state index in [1.165, 1.54) is 5.56 Å². The summed E-state index contributed by atoms with van der Waals surface area (Å²) in [6.07, 6.45) is 1.58. The molecule has 1 amide bonds. The number of hydrogen-bond acceptors (Lipinski definition) is 3. The highest BCUT2D eigenvalue weighted by Crippen LogP contribution is 2.23. The van der Waals surface area contributed by atoms with Crippen molar-refractivity contribution in [1.82, 2.24) is 15.5 Å². The van der Waals surface area contributed by atoms with Crippen molar-refractivity contribution in [1.29, 1.82) is 0 Å². The van der Waals surface area contributed by atoms with Crippen molar-refractivity contribution in [3.63, 3.8) is 0 Å². The molecule has 0 bridgehead atoms. The molecule has 0 saturated carbocycles. The monoisotopic (exact) mass is 374 g/mol. The van der Waals surface area contributed by atoms with Crippen LogP contribution in [0.2, 0.25) is 0 Å². The fourth-order valence-electron chi connectivity index (χ4n) is 3.45. The van der Waals surface area contributed by atoms with E-state index in [0.717, 1.165) is 25.3 Å². The third kappa shape index (κ3) is 6.45. The van der Waals surface area contributed by atoms with Gasteiger partial charge >= 0.3 is 6.09 Å². The first-order chi connectivity index (χ1) is 13.0. The molecule has 1 unspecified atom stereocenters. The smallest absolute Gasteiger partial charge is 0.409 e. The van der Waals surface area contributed by atoms with Crippen LogP contribution < -0.4 is 10.6 Å². The van der Waals surface area contributed by atoms with E-state index >= 15 is 0 Å². The number of likely N-dealkylation sites (tertiary alicyclic amines) is 1. The van der Waals surface area contributed by atoms with Gasteiger partial charge in [-0.3, -0.25) is 4.99 Å². The number of rotatable bonds is 6. The van der Waals surface area contributed by atoms with Gasteiger partial charge in [0, 0.05) is 38.6 Å². The molecule has 0 aromatic heterocycles. The number of hydrogen-bond donors (Lipinski definition) is 2. The van der Waals surface area contributed by atoms with Crippen LogP contribution in [0.3, 0.4) is 0 Å². The molecule has 150 valence electrons. The average molecular weight is 375 g/mol. The van der Waals surface area contributed by atoms with E-state index in [1.807, 2.05) is 6.92 Å². The van der Waals surface area contributed by atoms with Crippen molar-refractivity contribution < 1.29 is 9.53 Å². The van der Waals surface area contributed by atoms with Gasteiger partial charge in [-0.15, -0.1) is 0 Å². The van der Waals surface area contributed by atoms with Gasteiger partial charge in [0.15, 0.2) is 5.96 Å². The van der Waals surface area contributed by atoms with E-state index in [4.69, 9.17) is 4.74 Å².